The number of carbonyl (C=O) groups excluding carboxylic acids is 2. The molecule has 1 aliphatic rings. The first-order chi connectivity index (χ1) is 11.2. The van der Waals surface area contributed by atoms with Crippen molar-refractivity contribution in [3.8, 4) is 0 Å². The molecule has 2 aromatic rings. The first kappa shape index (κ1) is 15.3. The smallest absolute Gasteiger partial charge is 0.240 e. The van der Waals surface area contributed by atoms with Crippen LogP contribution in [0.1, 0.15) is 23.8 Å². The summed E-state index contributed by atoms with van der Waals surface area (Å²) in [5.41, 5.74) is 1.84. The van der Waals surface area contributed by atoms with Gasteiger partial charge >= 0.3 is 0 Å². The van der Waals surface area contributed by atoms with E-state index in [0.29, 0.717) is 18.6 Å². The number of aryl methyl sites for hydroxylation is 1. The van der Waals surface area contributed by atoms with E-state index in [0.717, 1.165) is 11.3 Å². The maximum absolute atomic E-state index is 12.3. The standard InChI is InChI=1S/C17H18N2O4/c20-11-13(15-6-3-9-23-15)18-16(21)10-19-14-5-2-1-4-12(14)7-8-17(19)22/h1-6,9,13,20H,7-8,10-11H2,(H,18,21). The van der Waals surface area contributed by atoms with Crippen molar-refractivity contribution in [2.75, 3.05) is 18.1 Å². The van der Waals surface area contributed by atoms with Gasteiger partial charge < -0.3 is 19.7 Å². The average Bonchev–Trinajstić information content (AvgIpc) is 3.09. The van der Waals surface area contributed by atoms with Crippen LogP contribution in [0.5, 0.6) is 0 Å². The van der Waals surface area contributed by atoms with Gasteiger partial charge in [-0.15, -0.1) is 0 Å². The summed E-state index contributed by atoms with van der Waals surface area (Å²) in [6.45, 7) is -0.350. The van der Waals surface area contributed by atoms with Gasteiger partial charge in [0.15, 0.2) is 0 Å². The summed E-state index contributed by atoms with van der Waals surface area (Å²) in [5.74, 6) is 0.0640. The maximum atomic E-state index is 12.3. The molecule has 1 unspecified atom stereocenters. The lowest BCUT2D eigenvalue weighted by molar-refractivity contribution is -0.124. The van der Waals surface area contributed by atoms with Gasteiger partial charge in [0, 0.05) is 12.1 Å². The summed E-state index contributed by atoms with van der Waals surface area (Å²) in [6, 6.07) is 10.3. The first-order valence-electron chi connectivity index (χ1n) is 7.51. The molecule has 6 nitrogen and oxygen atoms in total. The van der Waals surface area contributed by atoms with Gasteiger partial charge in [-0.1, -0.05) is 18.2 Å². The van der Waals surface area contributed by atoms with Crippen LogP contribution in [0.2, 0.25) is 0 Å². The molecule has 2 N–H and O–H groups in total. The fourth-order valence-electron chi connectivity index (χ4n) is 2.75. The van der Waals surface area contributed by atoms with E-state index in [1.807, 2.05) is 24.3 Å². The van der Waals surface area contributed by atoms with Gasteiger partial charge in [0.1, 0.15) is 18.3 Å². The number of para-hydroxylation sites is 1. The molecule has 23 heavy (non-hydrogen) atoms. The highest BCUT2D eigenvalue weighted by Crippen LogP contribution is 2.27. The molecule has 3 rings (SSSR count). The maximum Gasteiger partial charge on any atom is 0.240 e. The summed E-state index contributed by atoms with van der Waals surface area (Å²) in [6.07, 6.45) is 2.57. The van der Waals surface area contributed by atoms with E-state index in [-0.39, 0.29) is 25.0 Å². The van der Waals surface area contributed by atoms with E-state index in [1.54, 1.807) is 12.1 Å². The number of hydrogen-bond donors (Lipinski definition) is 2. The molecule has 120 valence electrons. The Morgan fingerprint density at radius 1 is 1.26 bits per heavy atom. The van der Waals surface area contributed by atoms with E-state index in [2.05, 4.69) is 5.32 Å². The van der Waals surface area contributed by atoms with Gasteiger partial charge in [-0.05, 0) is 30.2 Å². The van der Waals surface area contributed by atoms with E-state index < -0.39 is 6.04 Å². The number of fused-ring (bicyclic) bond motifs is 1. The molecule has 1 aromatic heterocycles. The number of rotatable bonds is 5. The molecular formula is C17H18N2O4. The molecule has 2 amide bonds. The van der Waals surface area contributed by atoms with Crippen molar-refractivity contribution in [3.05, 3.63) is 54.0 Å². The van der Waals surface area contributed by atoms with E-state index in [1.165, 1.54) is 11.2 Å². The van der Waals surface area contributed by atoms with Gasteiger partial charge in [-0.25, -0.2) is 0 Å². The van der Waals surface area contributed by atoms with Crippen molar-refractivity contribution >= 4 is 17.5 Å². The summed E-state index contributed by atoms with van der Waals surface area (Å²) in [4.78, 5) is 25.9. The number of aliphatic hydroxyl groups excluding tert-OH is 1. The Morgan fingerprint density at radius 3 is 2.83 bits per heavy atom. The van der Waals surface area contributed by atoms with Crippen LogP contribution >= 0.6 is 0 Å². The monoisotopic (exact) mass is 314 g/mol. The SMILES string of the molecule is O=C(CN1C(=O)CCc2ccccc21)NC(CO)c1ccco1. The largest absolute Gasteiger partial charge is 0.467 e. The van der Waals surface area contributed by atoms with Crippen molar-refractivity contribution in [2.45, 2.75) is 18.9 Å². The van der Waals surface area contributed by atoms with Crippen LogP contribution in [-0.2, 0) is 16.0 Å². The third-order valence-electron chi connectivity index (χ3n) is 3.90. The zero-order valence-electron chi connectivity index (χ0n) is 12.6. The number of nitrogens with zero attached hydrogens (tertiary/aromatic N) is 1. The second-order valence-electron chi connectivity index (χ2n) is 5.43. The molecule has 1 aromatic carbocycles. The van der Waals surface area contributed by atoms with Crippen molar-refractivity contribution < 1.29 is 19.1 Å². The molecule has 2 heterocycles. The van der Waals surface area contributed by atoms with Crippen molar-refractivity contribution in [1.29, 1.82) is 0 Å². The molecule has 1 atom stereocenters. The van der Waals surface area contributed by atoms with E-state index >= 15 is 0 Å². The highest BCUT2D eigenvalue weighted by molar-refractivity contribution is 6.01. The minimum absolute atomic E-state index is 0.0719. The Bertz CT molecular complexity index is 696. The number of amides is 2. The highest BCUT2D eigenvalue weighted by atomic mass is 16.3. The Hall–Kier alpha value is -2.60. The summed E-state index contributed by atoms with van der Waals surface area (Å²) in [7, 11) is 0. The quantitative estimate of drug-likeness (QED) is 0.874. The van der Waals surface area contributed by atoms with Crippen molar-refractivity contribution in [1.82, 2.24) is 5.32 Å². The van der Waals surface area contributed by atoms with Crippen LogP contribution in [0.15, 0.2) is 47.1 Å². The lowest BCUT2D eigenvalue weighted by atomic mass is 10.0. The Labute approximate surface area is 133 Å². The van der Waals surface area contributed by atoms with Crippen LogP contribution < -0.4 is 10.2 Å². The minimum Gasteiger partial charge on any atom is -0.467 e. The zero-order valence-corrected chi connectivity index (χ0v) is 12.6. The molecule has 0 bridgehead atoms. The van der Waals surface area contributed by atoms with Crippen molar-refractivity contribution in [2.24, 2.45) is 0 Å². The highest BCUT2D eigenvalue weighted by Gasteiger charge is 2.26. The summed E-state index contributed by atoms with van der Waals surface area (Å²) >= 11 is 0. The molecule has 0 radical (unpaired) electrons. The van der Waals surface area contributed by atoms with E-state index in [9.17, 15) is 14.7 Å². The van der Waals surface area contributed by atoms with Gasteiger partial charge in [0.05, 0.1) is 12.9 Å². The third kappa shape index (κ3) is 3.27. The molecule has 0 aliphatic carbocycles. The fourth-order valence-corrected chi connectivity index (χ4v) is 2.75. The van der Waals surface area contributed by atoms with Gasteiger partial charge in [0.2, 0.25) is 11.8 Å². The number of carbonyl (C=O) groups is 2. The van der Waals surface area contributed by atoms with Crippen LogP contribution in [0.4, 0.5) is 5.69 Å². The number of nitrogens with one attached hydrogen (secondary N) is 1. The topological polar surface area (TPSA) is 82.8 Å². The second kappa shape index (κ2) is 6.66. The van der Waals surface area contributed by atoms with Crippen molar-refractivity contribution in [3.63, 3.8) is 0 Å². The average molecular weight is 314 g/mol. The Kier molecular flexibility index (Phi) is 4.43. The van der Waals surface area contributed by atoms with Gasteiger partial charge in [-0.2, -0.15) is 0 Å². The van der Waals surface area contributed by atoms with Crippen LogP contribution in [0, 0.1) is 0 Å². The lowest BCUT2D eigenvalue weighted by Crippen LogP contribution is -2.44. The molecule has 0 saturated carbocycles. The predicted molar refractivity (Wildman–Crippen MR) is 83.8 cm³/mol. The number of aliphatic hydroxyl groups is 1. The Morgan fingerprint density at radius 2 is 2.09 bits per heavy atom. The number of furan rings is 1. The van der Waals surface area contributed by atoms with Gasteiger partial charge in [0.25, 0.3) is 0 Å². The van der Waals surface area contributed by atoms with Crippen LogP contribution in [-0.4, -0.2) is 30.1 Å². The fraction of sp³-hybridized carbons (Fsp3) is 0.294. The second-order valence-corrected chi connectivity index (χ2v) is 5.43. The van der Waals surface area contributed by atoms with Crippen LogP contribution in [0.3, 0.4) is 0 Å². The minimum atomic E-state index is -0.618. The molecule has 0 saturated heterocycles. The number of benzene rings is 1. The summed E-state index contributed by atoms with van der Waals surface area (Å²) in [5, 5.41) is 12.1. The molecule has 0 fully saturated rings. The number of anilines is 1. The predicted octanol–water partition coefficient (Wildman–Crippen LogP) is 1.41. The first-order valence-corrected chi connectivity index (χ1v) is 7.51. The lowest BCUT2D eigenvalue weighted by Gasteiger charge is -2.29. The Balaban J connectivity index is 1.71. The number of hydrogen-bond acceptors (Lipinski definition) is 4. The molecule has 1 aliphatic heterocycles. The summed E-state index contributed by atoms with van der Waals surface area (Å²) < 4.78 is 5.20. The normalized spacial score (nSPS) is 15.2. The molecule has 0 spiro atoms. The molecule has 6 heteroatoms. The van der Waals surface area contributed by atoms with Gasteiger partial charge in [-0.3, -0.25) is 9.59 Å². The third-order valence-corrected chi connectivity index (χ3v) is 3.90. The zero-order chi connectivity index (χ0) is 16.2. The van der Waals surface area contributed by atoms with Crippen LogP contribution in [0.25, 0.3) is 0 Å². The molecular weight excluding hydrogens is 296 g/mol. The van der Waals surface area contributed by atoms with E-state index in [4.69, 9.17) is 4.42 Å².